The molecular formula is C12H21N3OS. The van der Waals surface area contributed by atoms with Gasteiger partial charge in [0.15, 0.2) is 0 Å². The summed E-state index contributed by atoms with van der Waals surface area (Å²) in [6.07, 6.45) is 3.63. The second-order valence-corrected chi connectivity index (χ2v) is 5.24. The molecule has 3 N–H and O–H groups in total. The number of aryl methyl sites for hydroxylation is 1. The number of nitrogens with zero attached hydrogens (tertiary/aromatic N) is 1. The number of amides is 1. The first-order valence-electron chi connectivity index (χ1n) is 6.07. The summed E-state index contributed by atoms with van der Waals surface area (Å²) in [7, 11) is 0. The van der Waals surface area contributed by atoms with E-state index in [9.17, 15) is 4.79 Å². The van der Waals surface area contributed by atoms with Gasteiger partial charge in [-0.15, -0.1) is 11.3 Å². The van der Waals surface area contributed by atoms with Crippen LogP contribution in [0.3, 0.4) is 0 Å². The van der Waals surface area contributed by atoms with E-state index < -0.39 is 0 Å². The lowest BCUT2D eigenvalue weighted by Gasteiger charge is -2.16. The van der Waals surface area contributed by atoms with E-state index in [0.717, 1.165) is 17.8 Å². The number of carbonyl (C=O) groups excluding carboxylic acids is 1. The molecule has 1 aromatic rings. The summed E-state index contributed by atoms with van der Waals surface area (Å²) in [5.74, 6) is -0.0705. The van der Waals surface area contributed by atoms with Gasteiger partial charge in [-0.05, 0) is 19.8 Å². The van der Waals surface area contributed by atoms with Crippen molar-refractivity contribution in [3.63, 3.8) is 0 Å². The number of nitrogens with one attached hydrogen (secondary N) is 1. The normalized spacial score (nSPS) is 14.4. The van der Waals surface area contributed by atoms with Gasteiger partial charge in [-0.3, -0.25) is 4.79 Å². The maximum Gasteiger partial charge on any atom is 0.224 e. The second kappa shape index (κ2) is 6.71. The summed E-state index contributed by atoms with van der Waals surface area (Å²) < 4.78 is 0. The third kappa shape index (κ3) is 3.78. The number of hydrogen-bond donors (Lipinski definition) is 2. The maximum absolute atomic E-state index is 11.9. The van der Waals surface area contributed by atoms with Crippen molar-refractivity contribution in [3.8, 4) is 0 Å². The van der Waals surface area contributed by atoms with E-state index in [1.54, 1.807) is 11.3 Å². The minimum Gasteiger partial charge on any atom is -0.347 e. The van der Waals surface area contributed by atoms with Crippen LogP contribution in [0, 0.1) is 5.92 Å². The average molecular weight is 255 g/mol. The van der Waals surface area contributed by atoms with E-state index in [2.05, 4.69) is 17.2 Å². The molecule has 2 unspecified atom stereocenters. The first-order valence-corrected chi connectivity index (χ1v) is 6.89. The largest absolute Gasteiger partial charge is 0.347 e. The summed E-state index contributed by atoms with van der Waals surface area (Å²) in [4.78, 5) is 17.4. The molecule has 2 atom stereocenters. The Morgan fingerprint density at radius 3 is 2.76 bits per heavy atom. The van der Waals surface area contributed by atoms with Crippen LogP contribution in [0.1, 0.15) is 43.1 Å². The molecule has 0 saturated carbocycles. The quantitative estimate of drug-likeness (QED) is 0.815. The predicted octanol–water partition coefficient (Wildman–Crippen LogP) is 1.87. The van der Waals surface area contributed by atoms with Crippen LogP contribution >= 0.6 is 11.3 Å². The number of thiazole rings is 1. The van der Waals surface area contributed by atoms with E-state index in [-0.39, 0.29) is 17.9 Å². The summed E-state index contributed by atoms with van der Waals surface area (Å²) in [6, 6.07) is -0.0339. The lowest BCUT2D eigenvalue weighted by atomic mass is 10.1. The molecule has 17 heavy (non-hydrogen) atoms. The number of hydrogen-bond acceptors (Lipinski definition) is 4. The summed E-state index contributed by atoms with van der Waals surface area (Å²) in [5.41, 5.74) is 5.55. The molecule has 0 aromatic carbocycles. The van der Waals surface area contributed by atoms with Crippen LogP contribution in [-0.2, 0) is 11.2 Å². The van der Waals surface area contributed by atoms with Crippen molar-refractivity contribution < 1.29 is 4.79 Å². The molecule has 1 aromatic heterocycles. The Kier molecular flexibility index (Phi) is 5.58. The van der Waals surface area contributed by atoms with Crippen LogP contribution in [0.5, 0.6) is 0 Å². The summed E-state index contributed by atoms with van der Waals surface area (Å²) in [6.45, 7) is 6.43. The Labute approximate surface area is 107 Å². The van der Waals surface area contributed by atoms with Gasteiger partial charge in [0, 0.05) is 23.5 Å². The molecule has 0 aliphatic heterocycles. The number of rotatable bonds is 6. The molecule has 1 rings (SSSR count). The molecule has 0 saturated heterocycles. The highest BCUT2D eigenvalue weighted by atomic mass is 32.1. The number of nitrogens with two attached hydrogens (primary N) is 1. The zero-order chi connectivity index (χ0) is 12.8. The van der Waals surface area contributed by atoms with Crippen molar-refractivity contribution in [3.05, 3.63) is 16.1 Å². The van der Waals surface area contributed by atoms with Crippen molar-refractivity contribution in [2.24, 2.45) is 11.7 Å². The SMILES string of the molecule is CCc1cnc(C(C)NC(=O)C(CC)CN)s1. The number of aromatic nitrogens is 1. The van der Waals surface area contributed by atoms with Crippen molar-refractivity contribution >= 4 is 17.2 Å². The van der Waals surface area contributed by atoms with Gasteiger partial charge >= 0.3 is 0 Å². The topological polar surface area (TPSA) is 68.0 Å². The lowest BCUT2D eigenvalue weighted by molar-refractivity contribution is -0.125. The fourth-order valence-corrected chi connectivity index (χ4v) is 2.40. The molecule has 0 aliphatic rings. The fraction of sp³-hybridized carbons (Fsp3) is 0.667. The highest BCUT2D eigenvalue weighted by molar-refractivity contribution is 7.11. The minimum atomic E-state index is -0.0944. The molecule has 1 heterocycles. The van der Waals surface area contributed by atoms with Gasteiger partial charge in [0.25, 0.3) is 0 Å². The zero-order valence-corrected chi connectivity index (χ0v) is 11.5. The van der Waals surface area contributed by atoms with Crippen molar-refractivity contribution in [2.45, 2.75) is 39.7 Å². The molecule has 0 fully saturated rings. The van der Waals surface area contributed by atoms with Crippen LogP contribution in [0.15, 0.2) is 6.20 Å². The summed E-state index contributed by atoms with van der Waals surface area (Å²) >= 11 is 1.65. The Balaban J connectivity index is 2.59. The molecule has 4 nitrogen and oxygen atoms in total. The molecule has 1 amide bonds. The molecule has 0 radical (unpaired) electrons. The first kappa shape index (κ1) is 14.1. The van der Waals surface area contributed by atoms with Gasteiger partial charge in [0.1, 0.15) is 5.01 Å². The van der Waals surface area contributed by atoms with Crippen LogP contribution in [0.4, 0.5) is 0 Å². The third-order valence-corrected chi connectivity index (χ3v) is 4.12. The Morgan fingerprint density at radius 2 is 2.29 bits per heavy atom. The monoisotopic (exact) mass is 255 g/mol. The fourth-order valence-electron chi connectivity index (χ4n) is 1.54. The van der Waals surface area contributed by atoms with Crippen LogP contribution in [0.25, 0.3) is 0 Å². The highest BCUT2D eigenvalue weighted by Crippen LogP contribution is 2.20. The third-order valence-electron chi connectivity index (χ3n) is 2.80. The van der Waals surface area contributed by atoms with Gasteiger partial charge < -0.3 is 11.1 Å². The van der Waals surface area contributed by atoms with Gasteiger partial charge in [-0.1, -0.05) is 13.8 Å². The van der Waals surface area contributed by atoms with E-state index in [1.807, 2.05) is 20.0 Å². The molecule has 0 bridgehead atoms. The smallest absolute Gasteiger partial charge is 0.224 e. The van der Waals surface area contributed by atoms with E-state index in [1.165, 1.54) is 4.88 Å². The number of carbonyl (C=O) groups is 1. The van der Waals surface area contributed by atoms with Crippen LogP contribution in [0.2, 0.25) is 0 Å². The van der Waals surface area contributed by atoms with Gasteiger partial charge in [-0.2, -0.15) is 0 Å². The molecule has 96 valence electrons. The lowest BCUT2D eigenvalue weighted by Crippen LogP contribution is -2.36. The molecular weight excluding hydrogens is 234 g/mol. The Bertz CT molecular complexity index is 360. The van der Waals surface area contributed by atoms with Crippen LogP contribution in [-0.4, -0.2) is 17.4 Å². The van der Waals surface area contributed by atoms with Gasteiger partial charge in [0.05, 0.1) is 6.04 Å². The Morgan fingerprint density at radius 1 is 1.59 bits per heavy atom. The maximum atomic E-state index is 11.9. The second-order valence-electron chi connectivity index (χ2n) is 4.09. The van der Waals surface area contributed by atoms with Crippen molar-refractivity contribution in [2.75, 3.05) is 6.54 Å². The van der Waals surface area contributed by atoms with Crippen molar-refractivity contribution in [1.82, 2.24) is 10.3 Å². The average Bonchev–Trinajstić information content (AvgIpc) is 2.79. The first-order chi connectivity index (χ1) is 8.12. The van der Waals surface area contributed by atoms with Gasteiger partial charge in [-0.25, -0.2) is 4.98 Å². The molecule has 0 spiro atoms. The molecule has 5 heteroatoms. The predicted molar refractivity (Wildman–Crippen MR) is 70.9 cm³/mol. The van der Waals surface area contributed by atoms with Crippen LogP contribution < -0.4 is 11.1 Å². The van der Waals surface area contributed by atoms with Crippen molar-refractivity contribution in [1.29, 1.82) is 0 Å². The van der Waals surface area contributed by atoms with E-state index in [4.69, 9.17) is 5.73 Å². The Hall–Kier alpha value is -0.940. The van der Waals surface area contributed by atoms with Gasteiger partial charge in [0.2, 0.25) is 5.91 Å². The molecule has 0 aliphatic carbocycles. The highest BCUT2D eigenvalue weighted by Gasteiger charge is 2.18. The minimum absolute atomic E-state index is 0.0238. The zero-order valence-electron chi connectivity index (χ0n) is 10.7. The van der Waals surface area contributed by atoms with E-state index in [0.29, 0.717) is 6.54 Å². The standard InChI is InChI=1S/C12H21N3OS/c1-4-9(6-13)11(16)15-8(3)12-14-7-10(5-2)17-12/h7-9H,4-6,13H2,1-3H3,(H,15,16). The summed E-state index contributed by atoms with van der Waals surface area (Å²) in [5, 5.41) is 3.92. The van der Waals surface area contributed by atoms with E-state index >= 15 is 0 Å².